The first-order chi connectivity index (χ1) is 9.62. The molecule has 2 N–H and O–H groups in total. The molecule has 0 aliphatic heterocycles. The number of aliphatic carboxylic acids is 1. The summed E-state index contributed by atoms with van der Waals surface area (Å²) in [6, 6.07) is 0. The number of allylic oxidation sites excluding steroid dienone is 2. The van der Waals surface area contributed by atoms with E-state index in [1.807, 2.05) is 0 Å². The van der Waals surface area contributed by atoms with Crippen LogP contribution in [0, 0.1) is 11.3 Å². The zero-order valence-corrected chi connectivity index (χ0v) is 12.1. The molecule has 0 spiro atoms. The van der Waals surface area contributed by atoms with Crippen LogP contribution >= 0.6 is 0 Å². The summed E-state index contributed by atoms with van der Waals surface area (Å²) >= 11 is 0. The first-order valence-electron chi connectivity index (χ1n) is 7.77. The van der Waals surface area contributed by atoms with Crippen LogP contribution in [0.5, 0.6) is 0 Å². The van der Waals surface area contributed by atoms with Crippen LogP contribution in [0.4, 0.5) is 0 Å². The molecule has 4 heteroatoms. The van der Waals surface area contributed by atoms with Crippen molar-refractivity contribution < 1.29 is 14.7 Å². The minimum Gasteiger partial charge on any atom is -0.481 e. The fourth-order valence-corrected chi connectivity index (χ4v) is 3.36. The molecule has 1 atom stereocenters. The second kappa shape index (κ2) is 6.91. The van der Waals surface area contributed by atoms with Gasteiger partial charge < -0.3 is 10.4 Å². The number of nitrogens with one attached hydrogen (secondary N) is 1. The first kappa shape index (κ1) is 15.1. The van der Waals surface area contributed by atoms with Crippen LogP contribution in [0.15, 0.2) is 12.2 Å². The smallest absolute Gasteiger partial charge is 0.310 e. The second-order valence-electron chi connectivity index (χ2n) is 6.28. The SMILES string of the molecule is O=C(CC1(C(=O)O)CCCCC1)NCC1CC=CCC1. The fourth-order valence-electron chi connectivity index (χ4n) is 3.36. The summed E-state index contributed by atoms with van der Waals surface area (Å²) in [5.41, 5.74) is -0.811. The van der Waals surface area contributed by atoms with Gasteiger partial charge in [0.2, 0.25) is 5.91 Å². The standard InChI is InChI=1S/C16H25NO3/c18-14(17-12-13-7-3-1-4-8-13)11-16(15(19)20)9-5-2-6-10-16/h1,3,13H,2,4-12H2,(H,17,18)(H,19,20). The van der Waals surface area contributed by atoms with Crippen LogP contribution in [0.2, 0.25) is 0 Å². The first-order valence-corrected chi connectivity index (χ1v) is 7.77. The Hall–Kier alpha value is -1.32. The molecule has 2 rings (SSSR count). The number of carbonyl (C=O) groups excluding carboxylic acids is 1. The quantitative estimate of drug-likeness (QED) is 0.760. The van der Waals surface area contributed by atoms with Gasteiger partial charge in [-0.05, 0) is 38.0 Å². The summed E-state index contributed by atoms with van der Waals surface area (Å²) in [7, 11) is 0. The van der Waals surface area contributed by atoms with Gasteiger partial charge in [-0.3, -0.25) is 9.59 Å². The fraction of sp³-hybridized carbons (Fsp3) is 0.750. The van der Waals surface area contributed by atoms with Crippen molar-refractivity contribution in [1.82, 2.24) is 5.32 Å². The molecule has 0 radical (unpaired) electrons. The lowest BCUT2D eigenvalue weighted by Crippen LogP contribution is -2.40. The van der Waals surface area contributed by atoms with E-state index in [9.17, 15) is 14.7 Å². The number of amides is 1. The van der Waals surface area contributed by atoms with Crippen molar-refractivity contribution in [3.8, 4) is 0 Å². The summed E-state index contributed by atoms with van der Waals surface area (Å²) in [6.45, 7) is 0.679. The van der Waals surface area contributed by atoms with Crippen LogP contribution in [0.1, 0.15) is 57.8 Å². The van der Waals surface area contributed by atoms with Crippen molar-refractivity contribution in [3.63, 3.8) is 0 Å². The van der Waals surface area contributed by atoms with Gasteiger partial charge in [0.05, 0.1) is 5.41 Å². The summed E-state index contributed by atoms with van der Waals surface area (Å²) in [5.74, 6) is -0.382. The molecule has 1 unspecified atom stereocenters. The van der Waals surface area contributed by atoms with E-state index < -0.39 is 11.4 Å². The highest BCUT2D eigenvalue weighted by Gasteiger charge is 2.41. The molecule has 112 valence electrons. The van der Waals surface area contributed by atoms with E-state index >= 15 is 0 Å². The number of hydrogen-bond acceptors (Lipinski definition) is 2. The average Bonchev–Trinajstić information content (AvgIpc) is 2.47. The van der Waals surface area contributed by atoms with Gasteiger partial charge in [0, 0.05) is 13.0 Å². The van der Waals surface area contributed by atoms with E-state index in [0.717, 1.165) is 38.5 Å². The molecule has 0 bridgehead atoms. The van der Waals surface area contributed by atoms with Gasteiger partial charge in [-0.1, -0.05) is 31.4 Å². The zero-order valence-electron chi connectivity index (χ0n) is 12.1. The van der Waals surface area contributed by atoms with Gasteiger partial charge in [0.15, 0.2) is 0 Å². The van der Waals surface area contributed by atoms with Gasteiger partial charge in [-0.2, -0.15) is 0 Å². The Balaban J connectivity index is 1.82. The second-order valence-corrected chi connectivity index (χ2v) is 6.28. The minimum absolute atomic E-state index is 0.0937. The molecule has 1 saturated carbocycles. The Bertz CT molecular complexity index is 383. The summed E-state index contributed by atoms with van der Waals surface area (Å²) < 4.78 is 0. The van der Waals surface area contributed by atoms with Crippen LogP contribution in [0.3, 0.4) is 0 Å². The molecule has 2 aliphatic carbocycles. The Morgan fingerprint density at radius 2 is 1.95 bits per heavy atom. The van der Waals surface area contributed by atoms with Crippen molar-refractivity contribution in [2.24, 2.45) is 11.3 Å². The van der Waals surface area contributed by atoms with E-state index in [1.54, 1.807) is 0 Å². The van der Waals surface area contributed by atoms with Crippen LogP contribution in [0.25, 0.3) is 0 Å². The highest BCUT2D eigenvalue weighted by molar-refractivity contribution is 5.85. The highest BCUT2D eigenvalue weighted by Crippen LogP contribution is 2.39. The topological polar surface area (TPSA) is 66.4 Å². The van der Waals surface area contributed by atoms with E-state index in [-0.39, 0.29) is 12.3 Å². The van der Waals surface area contributed by atoms with Crippen molar-refractivity contribution >= 4 is 11.9 Å². The number of rotatable bonds is 5. The lowest BCUT2D eigenvalue weighted by molar-refractivity contribution is -0.154. The van der Waals surface area contributed by atoms with Crippen molar-refractivity contribution in [2.75, 3.05) is 6.54 Å². The molecular weight excluding hydrogens is 254 g/mol. The van der Waals surface area contributed by atoms with Crippen molar-refractivity contribution in [2.45, 2.75) is 57.8 Å². The third-order valence-corrected chi connectivity index (χ3v) is 4.73. The molecule has 1 fully saturated rings. The summed E-state index contributed by atoms with van der Waals surface area (Å²) in [6.07, 6.45) is 11.9. The van der Waals surface area contributed by atoms with Crippen molar-refractivity contribution in [1.29, 1.82) is 0 Å². The van der Waals surface area contributed by atoms with Crippen LogP contribution in [-0.4, -0.2) is 23.5 Å². The molecule has 0 aromatic rings. The van der Waals surface area contributed by atoms with Gasteiger partial charge in [0.25, 0.3) is 0 Å². The normalized spacial score (nSPS) is 25.1. The molecule has 2 aliphatic rings. The zero-order chi connectivity index (χ0) is 14.4. The summed E-state index contributed by atoms with van der Waals surface area (Å²) in [5, 5.41) is 12.4. The maximum absolute atomic E-state index is 12.1. The van der Waals surface area contributed by atoms with Crippen LogP contribution < -0.4 is 5.32 Å². The van der Waals surface area contributed by atoms with Crippen molar-refractivity contribution in [3.05, 3.63) is 12.2 Å². The van der Waals surface area contributed by atoms with Gasteiger partial charge >= 0.3 is 5.97 Å². The lowest BCUT2D eigenvalue weighted by atomic mass is 9.71. The molecule has 20 heavy (non-hydrogen) atoms. The van der Waals surface area contributed by atoms with Gasteiger partial charge in [0.1, 0.15) is 0 Å². The third kappa shape index (κ3) is 3.84. The molecular formula is C16H25NO3. The molecule has 4 nitrogen and oxygen atoms in total. The molecule has 0 aromatic heterocycles. The molecule has 1 amide bonds. The third-order valence-electron chi connectivity index (χ3n) is 4.73. The predicted molar refractivity (Wildman–Crippen MR) is 77.3 cm³/mol. The minimum atomic E-state index is -0.811. The largest absolute Gasteiger partial charge is 0.481 e. The predicted octanol–water partition coefficient (Wildman–Crippen LogP) is 2.88. The Kier molecular flexibility index (Phi) is 5.21. The number of hydrogen-bond donors (Lipinski definition) is 2. The maximum Gasteiger partial charge on any atom is 0.310 e. The van der Waals surface area contributed by atoms with E-state index in [4.69, 9.17) is 0 Å². The van der Waals surface area contributed by atoms with E-state index in [1.165, 1.54) is 0 Å². The highest BCUT2D eigenvalue weighted by atomic mass is 16.4. The van der Waals surface area contributed by atoms with E-state index in [2.05, 4.69) is 17.5 Å². The Morgan fingerprint density at radius 3 is 2.55 bits per heavy atom. The monoisotopic (exact) mass is 279 g/mol. The lowest BCUT2D eigenvalue weighted by Gasteiger charge is -2.32. The average molecular weight is 279 g/mol. The molecule has 0 saturated heterocycles. The molecule has 0 aromatic carbocycles. The van der Waals surface area contributed by atoms with Crippen LogP contribution in [-0.2, 0) is 9.59 Å². The molecule has 0 heterocycles. The Morgan fingerprint density at radius 1 is 1.20 bits per heavy atom. The Labute approximate surface area is 120 Å². The van der Waals surface area contributed by atoms with E-state index in [0.29, 0.717) is 25.3 Å². The van der Waals surface area contributed by atoms with Gasteiger partial charge in [-0.15, -0.1) is 0 Å². The van der Waals surface area contributed by atoms with Gasteiger partial charge in [-0.25, -0.2) is 0 Å². The summed E-state index contributed by atoms with van der Waals surface area (Å²) in [4.78, 5) is 23.6. The maximum atomic E-state index is 12.1. The number of carboxylic acids is 1. The number of carboxylic acid groups (broad SMARTS) is 1. The number of carbonyl (C=O) groups is 2.